The lowest BCUT2D eigenvalue weighted by Gasteiger charge is -2.14. The number of nitrogens with zero attached hydrogens (tertiary/aromatic N) is 1. The Hall–Kier alpha value is -1.61. The van der Waals surface area contributed by atoms with Gasteiger partial charge in [-0.25, -0.2) is 4.98 Å². The van der Waals surface area contributed by atoms with Gasteiger partial charge in [0, 0.05) is 24.5 Å². The molecule has 0 saturated carbocycles. The number of hydrogen-bond acceptors (Lipinski definition) is 2. The maximum Gasteiger partial charge on any atom is 0.103 e. The zero-order chi connectivity index (χ0) is 13.0. The van der Waals surface area contributed by atoms with Crippen LogP contribution in [0.3, 0.4) is 0 Å². The molecule has 0 bridgehead atoms. The molecule has 1 aromatic heterocycles. The van der Waals surface area contributed by atoms with Gasteiger partial charge in [0.2, 0.25) is 0 Å². The van der Waals surface area contributed by atoms with Crippen LogP contribution in [0.2, 0.25) is 0 Å². The fourth-order valence-electron chi connectivity index (χ4n) is 2.09. The fourth-order valence-corrected chi connectivity index (χ4v) is 2.09. The molecule has 0 saturated heterocycles. The average molecular weight is 243 g/mol. The van der Waals surface area contributed by atoms with Crippen LogP contribution >= 0.6 is 0 Å². The number of nitrogens with one attached hydrogen (secondary N) is 2. The van der Waals surface area contributed by atoms with Gasteiger partial charge in [0.25, 0.3) is 0 Å². The quantitative estimate of drug-likeness (QED) is 0.847. The minimum atomic E-state index is 0.453. The van der Waals surface area contributed by atoms with Crippen molar-refractivity contribution in [3.63, 3.8) is 0 Å². The van der Waals surface area contributed by atoms with Gasteiger partial charge < -0.3 is 10.3 Å². The summed E-state index contributed by atoms with van der Waals surface area (Å²) in [6, 6.07) is 9.01. The zero-order valence-electron chi connectivity index (χ0n) is 11.3. The summed E-state index contributed by atoms with van der Waals surface area (Å²) in [5.41, 5.74) is 3.92. The summed E-state index contributed by atoms with van der Waals surface area (Å²) in [4.78, 5) is 7.43. The van der Waals surface area contributed by atoms with Gasteiger partial charge in [0.15, 0.2) is 0 Å². The maximum absolute atomic E-state index is 4.20. The van der Waals surface area contributed by atoms with E-state index in [1.54, 1.807) is 0 Å². The van der Waals surface area contributed by atoms with E-state index >= 15 is 0 Å². The third kappa shape index (κ3) is 3.44. The molecule has 1 heterocycles. The molecule has 3 heteroatoms. The average Bonchev–Trinajstić information content (AvgIpc) is 2.76. The van der Waals surface area contributed by atoms with Crippen molar-refractivity contribution in [3.8, 4) is 0 Å². The van der Waals surface area contributed by atoms with Gasteiger partial charge >= 0.3 is 0 Å². The van der Waals surface area contributed by atoms with Crippen LogP contribution in [-0.2, 0) is 13.0 Å². The van der Waals surface area contributed by atoms with Gasteiger partial charge in [-0.15, -0.1) is 0 Å². The SMILES string of the molecule is Cc1ncc(CNC(C)Cc2ccccc2C)[nH]1. The second kappa shape index (κ2) is 5.83. The Morgan fingerprint density at radius 1 is 1.28 bits per heavy atom. The minimum Gasteiger partial charge on any atom is -0.345 e. The largest absolute Gasteiger partial charge is 0.345 e. The summed E-state index contributed by atoms with van der Waals surface area (Å²) in [6.45, 7) is 7.20. The molecule has 1 aromatic carbocycles. The van der Waals surface area contributed by atoms with Crippen molar-refractivity contribution in [2.24, 2.45) is 0 Å². The Kier molecular flexibility index (Phi) is 4.15. The van der Waals surface area contributed by atoms with E-state index in [9.17, 15) is 0 Å². The molecule has 0 amide bonds. The molecule has 2 rings (SSSR count). The Labute approximate surface area is 109 Å². The number of rotatable bonds is 5. The molecule has 0 aliphatic rings. The van der Waals surface area contributed by atoms with Gasteiger partial charge in [0.05, 0.1) is 0 Å². The number of aromatic nitrogens is 2. The van der Waals surface area contributed by atoms with Crippen molar-refractivity contribution in [3.05, 3.63) is 53.1 Å². The summed E-state index contributed by atoms with van der Waals surface area (Å²) in [7, 11) is 0. The van der Waals surface area contributed by atoms with Gasteiger partial charge in [-0.3, -0.25) is 0 Å². The zero-order valence-corrected chi connectivity index (χ0v) is 11.3. The second-order valence-corrected chi connectivity index (χ2v) is 4.91. The van der Waals surface area contributed by atoms with E-state index in [1.807, 2.05) is 13.1 Å². The number of imidazole rings is 1. The van der Waals surface area contributed by atoms with Gasteiger partial charge in [0.1, 0.15) is 5.82 Å². The Morgan fingerprint density at radius 3 is 2.72 bits per heavy atom. The first-order valence-corrected chi connectivity index (χ1v) is 6.43. The molecule has 1 unspecified atom stereocenters. The van der Waals surface area contributed by atoms with Crippen LogP contribution in [0.15, 0.2) is 30.5 Å². The first kappa shape index (κ1) is 12.8. The van der Waals surface area contributed by atoms with E-state index in [0.717, 1.165) is 24.5 Å². The molecule has 96 valence electrons. The molecule has 2 aromatic rings. The highest BCUT2D eigenvalue weighted by atomic mass is 15.0. The molecule has 0 radical (unpaired) electrons. The Morgan fingerprint density at radius 2 is 2.06 bits per heavy atom. The first-order valence-electron chi connectivity index (χ1n) is 6.43. The van der Waals surface area contributed by atoms with E-state index < -0.39 is 0 Å². The highest BCUT2D eigenvalue weighted by Gasteiger charge is 2.05. The van der Waals surface area contributed by atoms with Crippen LogP contribution in [0.4, 0.5) is 0 Å². The van der Waals surface area contributed by atoms with E-state index in [4.69, 9.17) is 0 Å². The van der Waals surface area contributed by atoms with Crippen molar-refractivity contribution < 1.29 is 0 Å². The smallest absolute Gasteiger partial charge is 0.103 e. The van der Waals surface area contributed by atoms with Crippen molar-refractivity contribution in [2.75, 3.05) is 0 Å². The molecule has 0 fully saturated rings. The van der Waals surface area contributed by atoms with Gasteiger partial charge in [-0.05, 0) is 38.3 Å². The van der Waals surface area contributed by atoms with Gasteiger partial charge in [-0.2, -0.15) is 0 Å². The van der Waals surface area contributed by atoms with Crippen LogP contribution in [0, 0.1) is 13.8 Å². The van der Waals surface area contributed by atoms with Gasteiger partial charge in [-0.1, -0.05) is 24.3 Å². The van der Waals surface area contributed by atoms with E-state index in [2.05, 4.69) is 53.4 Å². The van der Waals surface area contributed by atoms with Crippen molar-refractivity contribution >= 4 is 0 Å². The number of aromatic amines is 1. The number of aryl methyl sites for hydroxylation is 2. The van der Waals surface area contributed by atoms with E-state index in [-0.39, 0.29) is 0 Å². The number of H-pyrrole nitrogens is 1. The lowest BCUT2D eigenvalue weighted by atomic mass is 10.0. The molecule has 1 atom stereocenters. The van der Waals surface area contributed by atoms with Crippen LogP contribution < -0.4 is 5.32 Å². The van der Waals surface area contributed by atoms with Crippen LogP contribution in [0.1, 0.15) is 29.6 Å². The van der Waals surface area contributed by atoms with Crippen molar-refractivity contribution in [1.29, 1.82) is 0 Å². The van der Waals surface area contributed by atoms with Crippen LogP contribution in [-0.4, -0.2) is 16.0 Å². The summed E-state index contributed by atoms with van der Waals surface area (Å²) >= 11 is 0. The molecular weight excluding hydrogens is 222 g/mol. The predicted octanol–water partition coefficient (Wildman–Crippen LogP) is 2.75. The number of hydrogen-bond donors (Lipinski definition) is 2. The molecule has 0 aliphatic carbocycles. The fraction of sp³-hybridized carbons (Fsp3) is 0.400. The van der Waals surface area contributed by atoms with Crippen molar-refractivity contribution in [2.45, 2.75) is 39.8 Å². The topological polar surface area (TPSA) is 40.7 Å². The standard InChI is InChI=1S/C15H21N3/c1-11-6-4-5-7-14(11)8-12(2)16-9-15-10-17-13(3)18-15/h4-7,10,12,16H,8-9H2,1-3H3,(H,17,18). The highest BCUT2D eigenvalue weighted by Crippen LogP contribution is 2.09. The maximum atomic E-state index is 4.20. The molecule has 0 spiro atoms. The summed E-state index contributed by atoms with van der Waals surface area (Å²) in [5.74, 6) is 0.971. The highest BCUT2D eigenvalue weighted by molar-refractivity contribution is 5.26. The lowest BCUT2D eigenvalue weighted by Crippen LogP contribution is -2.27. The van der Waals surface area contributed by atoms with Crippen LogP contribution in [0.25, 0.3) is 0 Å². The molecule has 3 nitrogen and oxygen atoms in total. The number of benzene rings is 1. The second-order valence-electron chi connectivity index (χ2n) is 4.91. The molecular formula is C15H21N3. The molecule has 0 aliphatic heterocycles. The summed E-state index contributed by atoms with van der Waals surface area (Å²) in [6.07, 6.45) is 2.95. The summed E-state index contributed by atoms with van der Waals surface area (Å²) in [5, 5.41) is 3.52. The van der Waals surface area contributed by atoms with E-state index in [1.165, 1.54) is 11.1 Å². The Balaban J connectivity index is 1.85. The molecule has 2 N–H and O–H groups in total. The summed E-state index contributed by atoms with van der Waals surface area (Å²) < 4.78 is 0. The normalized spacial score (nSPS) is 12.6. The van der Waals surface area contributed by atoms with E-state index in [0.29, 0.717) is 6.04 Å². The Bertz CT molecular complexity index is 502. The predicted molar refractivity (Wildman–Crippen MR) is 74.5 cm³/mol. The third-order valence-corrected chi connectivity index (χ3v) is 3.18. The minimum absolute atomic E-state index is 0.453. The third-order valence-electron chi connectivity index (χ3n) is 3.18. The molecule has 18 heavy (non-hydrogen) atoms. The lowest BCUT2D eigenvalue weighted by molar-refractivity contribution is 0.540. The first-order chi connectivity index (χ1) is 8.65. The van der Waals surface area contributed by atoms with Crippen molar-refractivity contribution in [1.82, 2.24) is 15.3 Å². The monoisotopic (exact) mass is 243 g/mol. The van der Waals surface area contributed by atoms with Crippen LogP contribution in [0.5, 0.6) is 0 Å².